The summed E-state index contributed by atoms with van der Waals surface area (Å²) in [5.41, 5.74) is 7.34. The van der Waals surface area contributed by atoms with E-state index in [-0.39, 0.29) is 38.1 Å². The van der Waals surface area contributed by atoms with E-state index in [1.54, 1.807) is 0 Å². The summed E-state index contributed by atoms with van der Waals surface area (Å²) in [6, 6.07) is 0. The van der Waals surface area contributed by atoms with E-state index < -0.39 is 0 Å². The third kappa shape index (κ3) is 3.60. The quantitative estimate of drug-likeness (QED) is 0.463. The van der Waals surface area contributed by atoms with Gasteiger partial charge >= 0.3 is 0 Å². The Morgan fingerprint density at radius 3 is 1.00 bits per heavy atom. The minimum Gasteiger partial charge on any atom is -0.412 e. The zero-order chi connectivity index (χ0) is 7.89. The second-order valence-electron chi connectivity index (χ2n) is 3.12. The summed E-state index contributed by atoms with van der Waals surface area (Å²) in [5, 5.41) is 0. The molecule has 0 saturated heterocycles. The predicted molar refractivity (Wildman–Crippen MR) is 56.6 cm³/mol. The van der Waals surface area contributed by atoms with Gasteiger partial charge in [0.25, 0.3) is 0 Å². The van der Waals surface area contributed by atoms with Crippen LogP contribution in [0.3, 0.4) is 0 Å². The zero-order valence-corrected chi connectivity index (χ0v) is 11.1. The minimum atomic E-state index is 0. The van der Waals surface area contributed by atoms with Gasteiger partial charge in [0, 0.05) is 21.7 Å². The summed E-state index contributed by atoms with van der Waals surface area (Å²) >= 11 is 0. The average Bonchev–Trinajstić information content (AvgIpc) is 2.07. The van der Waals surface area contributed by atoms with Gasteiger partial charge in [-0.25, -0.2) is 0 Å². The molecule has 1 rings (SSSR count). The number of hydrogen-bond donors (Lipinski definition) is 0. The van der Waals surface area contributed by atoms with E-state index in [0.29, 0.717) is 0 Å². The molecule has 1 aromatic carbocycles. The van der Waals surface area contributed by atoms with Gasteiger partial charge in [-0.15, -0.1) is 0 Å². The Morgan fingerprint density at radius 1 is 0.714 bits per heavy atom. The van der Waals surface area contributed by atoms with E-state index in [1.165, 1.54) is 27.8 Å². The fourth-order valence-electron chi connectivity index (χ4n) is 1.41. The topological polar surface area (TPSA) is 94.5 Å². The van der Waals surface area contributed by atoms with Crippen LogP contribution in [0.25, 0.3) is 0 Å². The van der Waals surface area contributed by atoms with Gasteiger partial charge in [0.2, 0.25) is 0 Å². The Kier molecular flexibility index (Phi) is 14.0. The monoisotopic (exact) mass is 237 g/mol. The molecule has 4 heteroatoms. The van der Waals surface area contributed by atoms with Crippen molar-refractivity contribution < 1.29 is 38.1 Å². The van der Waals surface area contributed by atoms with Gasteiger partial charge in [0.05, 0.1) is 0 Å². The van der Waals surface area contributed by atoms with E-state index in [0.717, 1.165) is 0 Å². The van der Waals surface area contributed by atoms with Crippen LogP contribution in [0.4, 0.5) is 0 Å². The van der Waals surface area contributed by atoms with Crippen LogP contribution < -0.4 is 0 Å². The second-order valence-corrected chi connectivity index (χ2v) is 3.12. The van der Waals surface area contributed by atoms with Crippen LogP contribution in [0.15, 0.2) is 0 Å². The molecule has 0 radical (unpaired) electrons. The largest absolute Gasteiger partial charge is 0.412 e. The first-order valence-corrected chi connectivity index (χ1v) is 3.75. The van der Waals surface area contributed by atoms with Crippen LogP contribution in [0.1, 0.15) is 27.8 Å². The maximum atomic E-state index is 2.20. The molecule has 14 heavy (non-hydrogen) atoms. The van der Waals surface area contributed by atoms with Gasteiger partial charge < -0.3 is 16.4 Å². The Bertz CT molecular complexity index is 187. The van der Waals surface area contributed by atoms with Crippen molar-refractivity contribution in [2.45, 2.75) is 34.6 Å². The van der Waals surface area contributed by atoms with Crippen LogP contribution in [0.2, 0.25) is 0 Å². The molecule has 0 saturated carbocycles. The van der Waals surface area contributed by atoms with Crippen molar-refractivity contribution in [2.24, 2.45) is 0 Å². The molecule has 6 N–H and O–H groups in total. The van der Waals surface area contributed by atoms with Gasteiger partial charge in [0.1, 0.15) is 0 Å². The van der Waals surface area contributed by atoms with Crippen LogP contribution in [-0.2, 0) is 21.7 Å². The normalized spacial score (nSPS) is 7.50. The van der Waals surface area contributed by atoms with Gasteiger partial charge in [-0.2, -0.15) is 27.8 Å². The van der Waals surface area contributed by atoms with Crippen molar-refractivity contribution in [2.75, 3.05) is 0 Å². The standard InChI is InChI=1S/C10H15.3H2O.Ti/c1-6-7(2)9(4)10(5)8(6)3;;;;/h1-5H3;3*1H2;/q-1;;;;. The third-order valence-corrected chi connectivity index (χ3v) is 2.81. The van der Waals surface area contributed by atoms with Crippen LogP contribution >= 0.6 is 0 Å². The van der Waals surface area contributed by atoms with Crippen molar-refractivity contribution in [3.8, 4) is 0 Å². The summed E-state index contributed by atoms with van der Waals surface area (Å²) < 4.78 is 0. The SMILES string of the molecule is Cc1c(C)c(C)[c-](C)c1C.O.O.O.[Ti]. The summed E-state index contributed by atoms with van der Waals surface area (Å²) in [7, 11) is 0. The smallest absolute Gasteiger partial charge is 0 e. The summed E-state index contributed by atoms with van der Waals surface area (Å²) in [5.74, 6) is 0. The summed E-state index contributed by atoms with van der Waals surface area (Å²) in [6.07, 6.45) is 0. The summed E-state index contributed by atoms with van der Waals surface area (Å²) in [4.78, 5) is 0. The molecule has 0 aromatic heterocycles. The zero-order valence-electron chi connectivity index (χ0n) is 9.50. The van der Waals surface area contributed by atoms with Crippen molar-refractivity contribution in [1.29, 1.82) is 0 Å². The molecule has 0 atom stereocenters. The van der Waals surface area contributed by atoms with Crippen molar-refractivity contribution in [1.82, 2.24) is 0 Å². The fourth-order valence-corrected chi connectivity index (χ4v) is 1.41. The number of rotatable bonds is 0. The molecule has 0 aliphatic heterocycles. The molecule has 0 fully saturated rings. The first kappa shape index (κ1) is 23.6. The molecular formula is C10H21O3Ti-. The molecule has 0 amide bonds. The molecule has 0 bridgehead atoms. The van der Waals surface area contributed by atoms with Crippen molar-refractivity contribution >= 4 is 0 Å². The fraction of sp³-hybridized carbons (Fsp3) is 0.500. The second kappa shape index (κ2) is 8.27. The van der Waals surface area contributed by atoms with Crippen LogP contribution in [0, 0.1) is 34.6 Å². The van der Waals surface area contributed by atoms with Crippen LogP contribution in [-0.4, -0.2) is 16.4 Å². The predicted octanol–water partition coefficient (Wildman–Crippen LogP) is 0.471. The Labute approximate surface area is 101 Å². The van der Waals surface area contributed by atoms with Gasteiger partial charge in [0.15, 0.2) is 0 Å². The molecule has 0 unspecified atom stereocenters. The van der Waals surface area contributed by atoms with E-state index in [1.807, 2.05) is 0 Å². The molecule has 84 valence electrons. The molecular weight excluding hydrogens is 216 g/mol. The number of hydrogen-bond acceptors (Lipinski definition) is 0. The Hall–Kier alpha value is -0.0557. The maximum Gasteiger partial charge on any atom is 0 e. The minimum absolute atomic E-state index is 0. The van der Waals surface area contributed by atoms with E-state index in [2.05, 4.69) is 34.6 Å². The van der Waals surface area contributed by atoms with Gasteiger partial charge in [-0.05, 0) is 0 Å². The molecule has 0 aliphatic carbocycles. The maximum absolute atomic E-state index is 2.20. The molecule has 0 aliphatic rings. The van der Waals surface area contributed by atoms with Gasteiger partial charge in [-0.3, -0.25) is 0 Å². The van der Waals surface area contributed by atoms with Crippen molar-refractivity contribution in [3.63, 3.8) is 0 Å². The van der Waals surface area contributed by atoms with Gasteiger partial charge in [-0.1, -0.05) is 34.6 Å². The third-order valence-electron chi connectivity index (χ3n) is 2.81. The average molecular weight is 237 g/mol. The first-order valence-electron chi connectivity index (χ1n) is 3.75. The Morgan fingerprint density at radius 2 is 0.929 bits per heavy atom. The molecule has 0 heterocycles. The van der Waals surface area contributed by atoms with Crippen LogP contribution in [0.5, 0.6) is 0 Å². The Balaban J connectivity index is -0.000000125. The van der Waals surface area contributed by atoms with E-state index >= 15 is 0 Å². The first-order chi connectivity index (χ1) is 4.55. The summed E-state index contributed by atoms with van der Waals surface area (Å²) in [6.45, 7) is 11.0. The van der Waals surface area contributed by atoms with Crippen molar-refractivity contribution in [3.05, 3.63) is 27.8 Å². The van der Waals surface area contributed by atoms with E-state index in [4.69, 9.17) is 0 Å². The molecule has 0 spiro atoms. The molecule has 3 nitrogen and oxygen atoms in total. The van der Waals surface area contributed by atoms with E-state index in [9.17, 15) is 0 Å². The molecule has 1 aromatic rings.